The highest BCUT2D eigenvalue weighted by Gasteiger charge is 2.06. The van der Waals surface area contributed by atoms with Gasteiger partial charge in [-0.1, -0.05) is 18.2 Å². The Kier molecular flexibility index (Phi) is 1.13. The number of amidine groups is 1. The zero-order chi connectivity index (χ0) is 8.84. The number of rotatable bonds is 0. The Hall–Kier alpha value is -1.70. The van der Waals surface area contributed by atoms with Gasteiger partial charge in [0, 0.05) is 0 Å². The SMILES string of the molecule is CC1=Nc2cc3c(cc2=N1)C=CC=3. The largest absolute Gasteiger partial charge is 0.232 e. The molecule has 2 heteroatoms. The van der Waals surface area contributed by atoms with Crippen molar-refractivity contribution >= 4 is 23.7 Å². The predicted molar refractivity (Wildman–Crippen MR) is 53.5 cm³/mol. The molecule has 1 aromatic carbocycles. The third-order valence-corrected chi connectivity index (χ3v) is 2.30. The van der Waals surface area contributed by atoms with Crippen molar-refractivity contribution in [2.24, 2.45) is 9.98 Å². The van der Waals surface area contributed by atoms with Gasteiger partial charge in [0.05, 0.1) is 11.0 Å². The number of benzene rings is 1. The first kappa shape index (κ1) is 6.78. The van der Waals surface area contributed by atoms with Gasteiger partial charge in [-0.3, -0.25) is 0 Å². The smallest absolute Gasteiger partial charge is 0.126 e. The molecule has 1 heterocycles. The second kappa shape index (κ2) is 2.16. The van der Waals surface area contributed by atoms with Gasteiger partial charge in [0.2, 0.25) is 0 Å². The molecule has 0 N–H and O–H groups in total. The van der Waals surface area contributed by atoms with Gasteiger partial charge < -0.3 is 0 Å². The summed E-state index contributed by atoms with van der Waals surface area (Å²) < 4.78 is 0. The van der Waals surface area contributed by atoms with Crippen LogP contribution < -0.4 is 10.6 Å². The lowest BCUT2D eigenvalue weighted by Crippen LogP contribution is -2.09. The topological polar surface area (TPSA) is 24.7 Å². The maximum absolute atomic E-state index is 4.33. The van der Waals surface area contributed by atoms with Gasteiger partial charge in [0.15, 0.2) is 0 Å². The summed E-state index contributed by atoms with van der Waals surface area (Å²) in [4.78, 5) is 8.66. The maximum Gasteiger partial charge on any atom is 0.126 e. The quantitative estimate of drug-likeness (QED) is 0.555. The molecular formula is C11H8N2. The molecule has 13 heavy (non-hydrogen) atoms. The Morgan fingerprint density at radius 3 is 3.00 bits per heavy atom. The van der Waals surface area contributed by atoms with E-state index >= 15 is 0 Å². The molecule has 0 bridgehead atoms. The zero-order valence-electron chi connectivity index (χ0n) is 7.28. The number of aliphatic imine (C=N–C) groups is 1. The van der Waals surface area contributed by atoms with Crippen LogP contribution in [0.5, 0.6) is 0 Å². The van der Waals surface area contributed by atoms with Crippen LogP contribution in [0.3, 0.4) is 0 Å². The van der Waals surface area contributed by atoms with Crippen molar-refractivity contribution in [2.45, 2.75) is 6.92 Å². The van der Waals surface area contributed by atoms with E-state index in [9.17, 15) is 0 Å². The summed E-state index contributed by atoms with van der Waals surface area (Å²) in [6.45, 7) is 1.92. The Bertz CT molecular complexity index is 562. The molecule has 0 aromatic heterocycles. The second-order valence-corrected chi connectivity index (χ2v) is 3.27. The molecule has 62 valence electrons. The Balaban J connectivity index is 2.42. The molecule has 3 rings (SSSR count). The zero-order valence-corrected chi connectivity index (χ0v) is 7.28. The first-order valence-corrected chi connectivity index (χ1v) is 4.29. The lowest BCUT2D eigenvalue weighted by molar-refractivity contribution is 1.42. The molecule has 0 spiro atoms. The number of fused-ring (bicyclic) bond motifs is 2. The molecule has 2 nitrogen and oxygen atoms in total. The van der Waals surface area contributed by atoms with Crippen LogP contribution in [0.4, 0.5) is 5.69 Å². The summed E-state index contributed by atoms with van der Waals surface area (Å²) in [6.07, 6.45) is 6.24. The third kappa shape index (κ3) is 0.886. The molecule has 0 amide bonds. The molecule has 0 saturated carbocycles. The summed E-state index contributed by atoms with van der Waals surface area (Å²) in [7, 11) is 0. The minimum Gasteiger partial charge on any atom is -0.232 e. The average molecular weight is 168 g/mol. The normalized spacial score (nSPS) is 15.9. The summed E-state index contributed by atoms with van der Waals surface area (Å²) in [5, 5.41) is 2.24. The van der Waals surface area contributed by atoms with Gasteiger partial charge in [-0.05, 0) is 29.8 Å². The van der Waals surface area contributed by atoms with E-state index in [4.69, 9.17) is 0 Å². The maximum atomic E-state index is 4.33. The monoisotopic (exact) mass is 168 g/mol. The number of hydrogen-bond donors (Lipinski definition) is 0. The molecule has 1 aromatic rings. The number of nitrogens with zero attached hydrogens (tertiary/aromatic N) is 2. The van der Waals surface area contributed by atoms with Crippen LogP contribution in [0, 0.1) is 0 Å². The highest BCUT2D eigenvalue weighted by atomic mass is 15.0. The van der Waals surface area contributed by atoms with Crippen molar-refractivity contribution in [1.29, 1.82) is 0 Å². The van der Waals surface area contributed by atoms with Crippen molar-refractivity contribution in [3.05, 3.63) is 34.3 Å². The van der Waals surface area contributed by atoms with Crippen molar-refractivity contribution in [1.82, 2.24) is 0 Å². The van der Waals surface area contributed by atoms with Crippen LogP contribution in [0.1, 0.15) is 12.5 Å². The van der Waals surface area contributed by atoms with Gasteiger partial charge in [0.1, 0.15) is 5.84 Å². The highest BCUT2D eigenvalue weighted by molar-refractivity contribution is 5.86. The van der Waals surface area contributed by atoms with Crippen LogP contribution in [0.25, 0.3) is 12.2 Å². The van der Waals surface area contributed by atoms with E-state index in [0.29, 0.717) is 0 Å². The Morgan fingerprint density at radius 1 is 1.15 bits per heavy atom. The summed E-state index contributed by atoms with van der Waals surface area (Å²) >= 11 is 0. The fourth-order valence-corrected chi connectivity index (χ4v) is 1.71. The molecule has 1 aliphatic heterocycles. The van der Waals surface area contributed by atoms with E-state index in [1.54, 1.807) is 0 Å². The van der Waals surface area contributed by atoms with Crippen molar-refractivity contribution in [2.75, 3.05) is 0 Å². The standard InChI is InChI=1S/C11H8N2/c1-7-12-10-5-8-3-2-4-9(8)6-11(10)13-7/h2-6H,1H3. The Morgan fingerprint density at radius 2 is 2.08 bits per heavy atom. The van der Waals surface area contributed by atoms with Gasteiger partial charge >= 0.3 is 0 Å². The lowest BCUT2D eigenvalue weighted by Gasteiger charge is -1.92. The predicted octanol–water partition coefficient (Wildman–Crippen LogP) is 1.18. The number of allylic oxidation sites excluding steroid dienone is 1. The van der Waals surface area contributed by atoms with E-state index in [1.807, 2.05) is 6.92 Å². The van der Waals surface area contributed by atoms with E-state index in [-0.39, 0.29) is 0 Å². The number of hydrogen-bond acceptors (Lipinski definition) is 2. The van der Waals surface area contributed by atoms with Crippen molar-refractivity contribution in [3.8, 4) is 0 Å². The molecular weight excluding hydrogens is 160 g/mol. The van der Waals surface area contributed by atoms with Crippen molar-refractivity contribution < 1.29 is 0 Å². The summed E-state index contributed by atoms with van der Waals surface area (Å²) in [6, 6.07) is 4.18. The molecule has 0 radical (unpaired) electrons. The minimum atomic E-state index is 0.850. The van der Waals surface area contributed by atoms with E-state index in [2.05, 4.69) is 40.3 Å². The molecule has 1 aliphatic carbocycles. The van der Waals surface area contributed by atoms with E-state index in [0.717, 1.165) is 16.9 Å². The van der Waals surface area contributed by atoms with E-state index in [1.165, 1.54) is 10.8 Å². The molecule has 0 atom stereocenters. The van der Waals surface area contributed by atoms with Crippen LogP contribution in [0.2, 0.25) is 0 Å². The Labute approximate surface area is 75.7 Å². The molecule has 0 fully saturated rings. The van der Waals surface area contributed by atoms with Gasteiger partial charge in [-0.25, -0.2) is 9.98 Å². The highest BCUT2D eigenvalue weighted by Crippen LogP contribution is 2.11. The van der Waals surface area contributed by atoms with Gasteiger partial charge in [0.25, 0.3) is 0 Å². The third-order valence-electron chi connectivity index (χ3n) is 2.30. The first-order valence-electron chi connectivity index (χ1n) is 4.29. The lowest BCUT2D eigenvalue weighted by atomic mass is 10.2. The first-order chi connectivity index (χ1) is 6.33. The van der Waals surface area contributed by atoms with Crippen LogP contribution in [0.15, 0.2) is 28.2 Å². The summed E-state index contributed by atoms with van der Waals surface area (Å²) in [5.41, 5.74) is 2.24. The minimum absolute atomic E-state index is 0.850. The second-order valence-electron chi connectivity index (χ2n) is 3.27. The fraction of sp³-hybridized carbons (Fsp3) is 0.0909. The van der Waals surface area contributed by atoms with Crippen LogP contribution >= 0.6 is 0 Å². The summed E-state index contributed by atoms with van der Waals surface area (Å²) in [5.74, 6) is 0.850. The molecule has 2 aliphatic rings. The van der Waals surface area contributed by atoms with Gasteiger partial charge in [-0.2, -0.15) is 0 Å². The van der Waals surface area contributed by atoms with Crippen LogP contribution in [-0.2, 0) is 0 Å². The fourth-order valence-electron chi connectivity index (χ4n) is 1.71. The molecule has 0 saturated heterocycles. The van der Waals surface area contributed by atoms with Crippen LogP contribution in [-0.4, -0.2) is 5.84 Å². The van der Waals surface area contributed by atoms with E-state index < -0.39 is 0 Å². The van der Waals surface area contributed by atoms with Crippen molar-refractivity contribution in [3.63, 3.8) is 0 Å². The average Bonchev–Trinajstić information content (AvgIpc) is 2.63. The van der Waals surface area contributed by atoms with Gasteiger partial charge in [-0.15, -0.1) is 0 Å². The molecule has 0 unspecified atom stereocenters.